The molecule has 3 nitrogen and oxygen atoms in total. The number of nitrogens with one attached hydrogen (secondary N) is 1. The zero-order valence-corrected chi connectivity index (χ0v) is 13.2. The highest BCUT2D eigenvalue weighted by Gasteiger charge is 2.31. The SMILES string of the molecule is CC1(C)CCCCC1NCc1cnn(C(C)(C)C)c1. The fourth-order valence-corrected chi connectivity index (χ4v) is 2.93. The van der Waals surface area contributed by atoms with E-state index in [0.717, 1.165) is 6.54 Å². The van der Waals surface area contributed by atoms with Gasteiger partial charge in [-0.15, -0.1) is 0 Å². The second kappa shape index (κ2) is 5.28. The minimum absolute atomic E-state index is 0.0718. The molecule has 0 spiro atoms. The Hall–Kier alpha value is -0.830. The van der Waals surface area contributed by atoms with Crippen molar-refractivity contribution in [3.63, 3.8) is 0 Å². The van der Waals surface area contributed by atoms with Gasteiger partial charge in [-0.1, -0.05) is 26.7 Å². The van der Waals surface area contributed by atoms with Crippen LogP contribution in [0.1, 0.15) is 65.9 Å². The van der Waals surface area contributed by atoms with E-state index < -0.39 is 0 Å². The Balaban J connectivity index is 1.93. The Labute approximate surface area is 117 Å². The molecule has 1 saturated carbocycles. The molecule has 0 radical (unpaired) electrons. The van der Waals surface area contributed by atoms with E-state index >= 15 is 0 Å². The highest BCUT2D eigenvalue weighted by Crippen LogP contribution is 2.35. The summed E-state index contributed by atoms with van der Waals surface area (Å²) in [6.45, 7) is 12.3. The first-order chi connectivity index (χ1) is 8.79. The summed E-state index contributed by atoms with van der Waals surface area (Å²) in [5.74, 6) is 0. The molecular formula is C16H29N3. The number of hydrogen-bond donors (Lipinski definition) is 1. The average Bonchev–Trinajstić information content (AvgIpc) is 2.75. The summed E-state index contributed by atoms with van der Waals surface area (Å²) in [4.78, 5) is 0. The highest BCUT2D eigenvalue weighted by atomic mass is 15.3. The number of hydrogen-bond acceptors (Lipinski definition) is 2. The van der Waals surface area contributed by atoms with Gasteiger partial charge in [-0.2, -0.15) is 5.10 Å². The third-order valence-electron chi connectivity index (χ3n) is 4.38. The van der Waals surface area contributed by atoms with Gasteiger partial charge in [-0.3, -0.25) is 4.68 Å². The van der Waals surface area contributed by atoms with Crippen molar-refractivity contribution >= 4 is 0 Å². The number of nitrogens with zero attached hydrogens (tertiary/aromatic N) is 2. The van der Waals surface area contributed by atoms with Crippen LogP contribution in [-0.4, -0.2) is 15.8 Å². The van der Waals surface area contributed by atoms with Gasteiger partial charge in [0.2, 0.25) is 0 Å². The van der Waals surface area contributed by atoms with E-state index in [0.29, 0.717) is 11.5 Å². The van der Waals surface area contributed by atoms with Crippen LogP contribution in [0.25, 0.3) is 0 Å². The standard InChI is InChI=1S/C16H29N3/c1-15(2,3)19-12-13(11-18-19)10-17-14-8-6-7-9-16(14,4)5/h11-12,14,17H,6-10H2,1-5H3. The summed E-state index contributed by atoms with van der Waals surface area (Å²) >= 11 is 0. The van der Waals surface area contributed by atoms with E-state index in [1.165, 1.54) is 31.2 Å². The molecule has 1 unspecified atom stereocenters. The van der Waals surface area contributed by atoms with Gasteiger partial charge in [0.05, 0.1) is 11.7 Å². The average molecular weight is 263 g/mol. The molecule has 3 heteroatoms. The maximum atomic E-state index is 4.46. The lowest BCUT2D eigenvalue weighted by Crippen LogP contribution is -2.43. The smallest absolute Gasteiger partial charge is 0.0543 e. The summed E-state index contributed by atoms with van der Waals surface area (Å²) in [7, 11) is 0. The molecule has 0 saturated heterocycles. The lowest BCUT2D eigenvalue weighted by Gasteiger charge is -2.39. The van der Waals surface area contributed by atoms with Crippen LogP contribution in [-0.2, 0) is 12.1 Å². The molecule has 19 heavy (non-hydrogen) atoms. The van der Waals surface area contributed by atoms with E-state index in [-0.39, 0.29) is 5.54 Å². The lowest BCUT2D eigenvalue weighted by atomic mass is 9.73. The quantitative estimate of drug-likeness (QED) is 0.901. The van der Waals surface area contributed by atoms with Crippen molar-refractivity contribution in [2.75, 3.05) is 0 Å². The van der Waals surface area contributed by atoms with Crippen LogP contribution in [0.5, 0.6) is 0 Å². The van der Waals surface area contributed by atoms with Gasteiger partial charge in [0, 0.05) is 24.3 Å². The fraction of sp³-hybridized carbons (Fsp3) is 0.812. The molecule has 2 rings (SSSR count). The second-order valence-corrected chi connectivity index (χ2v) is 7.63. The Morgan fingerprint density at radius 2 is 2.11 bits per heavy atom. The summed E-state index contributed by atoms with van der Waals surface area (Å²) in [6.07, 6.45) is 9.55. The predicted octanol–water partition coefficient (Wildman–Crippen LogP) is 3.70. The van der Waals surface area contributed by atoms with Crippen LogP contribution in [0.3, 0.4) is 0 Å². The maximum Gasteiger partial charge on any atom is 0.0543 e. The van der Waals surface area contributed by atoms with Crippen LogP contribution in [0, 0.1) is 5.41 Å². The molecule has 1 fully saturated rings. The van der Waals surface area contributed by atoms with Gasteiger partial charge in [0.25, 0.3) is 0 Å². The Bertz CT molecular complexity index is 412. The number of aromatic nitrogens is 2. The van der Waals surface area contributed by atoms with E-state index in [4.69, 9.17) is 0 Å². The van der Waals surface area contributed by atoms with Crippen molar-refractivity contribution in [2.45, 2.75) is 78.4 Å². The normalized spacial score (nSPS) is 23.5. The maximum absolute atomic E-state index is 4.46. The predicted molar refractivity (Wildman–Crippen MR) is 80.1 cm³/mol. The van der Waals surface area contributed by atoms with Gasteiger partial charge >= 0.3 is 0 Å². The Kier molecular flexibility index (Phi) is 4.05. The van der Waals surface area contributed by atoms with Crippen molar-refractivity contribution in [3.8, 4) is 0 Å². The van der Waals surface area contributed by atoms with Crippen molar-refractivity contribution in [3.05, 3.63) is 18.0 Å². The van der Waals surface area contributed by atoms with E-state index in [2.05, 4.69) is 55.9 Å². The fourth-order valence-electron chi connectivity index (χ4n) is 2.93. The molecule has 108 valence electrons. The van der Waals surface area contributed by atoms with Crippen molar-refractivity contribution in [2.24, 2.45) is 5.41 Å². The zero-order chi connectivity index (χ0) is 14.1. The first-order valence-corrected chi connectivity index (χ1v) is 7.56. The van der Waals surface area contributed by atoms with Crippen molar-refractivity contribution in [1.29, 1.82) is 0 Å². The molecule has 0 bridgehead atoms. The lowest BCUT2D eigenvalue weighted by molar-refractivity contribution is 0.166. The third kappa shape index (κ3) is 3.59. The summed E-state index contributed by atoms with van der Waals surface area (Å²) in [5.41, 5.74) is 1.79. The topological polar surface area (TPSA) is 29.9 Å². The zero-order valence-electron chi connectivity index (χ0n) is 13.2. The second-order valence-electron chi connectivity index (χ2n) is 7.63. The molecule has 0 amide bonds. The molecular weight excluding hydrogens is 234 g/mol. The van der Waals surface area contributed by atoms with Gasteiger partial charge in [0.1, 0.15) is 0 Å². The molecule has 1 aromatic rings. The highest BCUT2D eigenvalue weighted by molar-refractivity contribution is 5.05. The molecule has 1 N–H and O–H groups in total. The number of rotatable bonds is 3. The van der Waals surface area contributed by atoms with Crippen molar-refractivity contribution < 1.29 is 0 Å². The first-order valence-electron chi connectivity index (χ1n) is 7.56. The van der Waals surface area contributed by atoms with E-state index in [9.17, 15) is 0 Å². The summed E-state index contributed by atoms with van der Waals surface area (Å²) in [6, 6.07) is 0.638. The van der Waals surface area contributed by atoms with Crippen LogP contribution in [0.15, 0.2) is 12.4 Å². The van der Waals surface area contributed by atoms with E-state index in [1.807, 2.05) is 6.20 Å². The van der Waals surface area contributed by atoms with Crippen LogP contribution in [0.4, 0.5) is 0 Å². The largest absolute Gasteiger partial charge is 0.309 e. The molecule has 1 aliphatic rings. The van der Waals surface area contributed by atoms with Crippen LogP contribution >= 0.6 is 0 Å². The van der Waals surface area contributed by atoms with Gasteiger partial charge in [-0.25, -0.2) is 0 Å². The third-order valence-corrected chi connectivity index (χ3v) is 4.38. The van der Waals surface area contributed by atoms with Gasteiger partial charge < -0.3 is 5.32 Å². The molecule has 0 aliphatic heterocycles. The summed E-state index contributed by atoms with van der Waals surface area (Å²) in [5, 5.41) is 8.20. The van der Waals surface area contributed by atoms with Crippen molar-refractivity contribution in [1.82, 2.24) is 15.1 Å². The molecule has 1 aliphatic carbocycles. The Morgan fingerprint density at radius 1 is 1.37 bits per heavy atom. The molecule has 0 aromatic carbocycles. The Morgan fingerprint density at radius 3 is 2.68 bits per heavy atom. The monoisotopic (exact) mass is 263 g/mol. The van der Waals surface area contributed by atoms with Gasteiger partial charge in [-0.05, 0) is 39.0 Å². The minimum atomic E-state index is 0.0718. The molecule has 1 atom stereocenters. The van der Waals surface area contributed by atoms with E-state index in [1.54, 1.807) is 0 Å². The van der Waals surface area contributed by atoms with Gasteiger partial charge in [0.15, 0.2) is 0 Å². The van der Waals surface area contributed by atoms with Crippen LogP contribution in [0.2, 0.25) is 0 Å². The minimum Gasteiger partial charge on any atom is -0.309 e. The molecule has 1 aromatic heterocycles. The van der Waals surface area contributed by atoms with Crippen LogP contribution < -0.4 is 5.32 Å². The molecule has 1 heterocycles. The first kappa shape index (κ1) is 14.6. The summed E-state index contributed by atoms with van der Waals surface area (Å²) < 4.78 is 2.05.